The molecule has 29 heavy (non-hydrogen) atoms. The third kappa shape index (κ3) is 6.35. The zero-order valence-corrected chi connectivity index (χ0v) is 17.0. The fourth-order valence-corrected chi connectivity index (χ4v) is 2.86. The number of pyridine rings is 1. The van der Waals surface area contributed by atoms with Crippen LogP contribution in [0.25, 0.3) is 12.2 Å². The molecule has 0 N–H and O–H groups in total. The third-order valence-corrected chi connectivity index (χ3v) is 4.50. The second kappa shape index (κ2) is 10.9. The van der Waals surface area contributed by atoms with Crippen molar-refractivity contribution in [2.75, 3.05) is 7.11 Å². The molecule has 0 aliphatic carbocycles. The van der Waals surface area contributed by atoms with Crippen LogP contribution in [0, 0.1) is 0 Å². The van der Waals surface area contributed by atoms with Gasteiger partial charge in [-0.2, -0.15) is 0 Å². The number of hydrogen-bond donors (Lipinski definition) is 0. The standard InChI is InChI=1S/C24H27N3O2/c1-27-19-25-17-22(27)12-7-5-3-4-6-10-20-13-14-23(16-24(20)28-2)29-18-21-11-8-9-15-26-21/h6-17,19H,3-5,18H2,1-2H3/b10-6+,12-7+. The number of rotatable bonds is 10. The Balaban J connectivity index is 1.47. The van der Waals surface area contributed by atoms with Gasteiger partial charge in [0.1, 0.15) is 18.1 Å². The van der Waals surface area contributed by atoms with Crippen molar-refractivity contribution >= 4 is 12.2 Å². The van der Waals surface area contributed by atoms with E-state index in [2.05, 4.69) is 34.3 Å². The van der Waals surface area contributed by atoms with E-state index in [1.54, 1.807) is 13.3 Å². The number of unbranched alkanes of at least 4 members (excludes halogenated alkanes) is 2. The Hall–Kier alpha value is -3.34. The summed E-state index contributed by atoms with van der Waals surface area (Å²) in [5.74, 6) is 1.57. The van der Waals surface area contributed by atoms with Gasteiger partial charge in [-0.1, -0.05) is 24.3 Å². The minimum atomic E-state index is 0.436. The second-order valence-electron chi connectivity index (χ2n) is 6.68. The summed E-state index contributed by atoms with van der Waals surface area (Å²) >= 11 is 0. The molecule has 0 fully saturated rings. The van der Waals surface area contributed by atoms with Gasteiger partial charge < -0.3 is 14.0 Å². The Morgan fingerprint density at radius 2 is 1.93 bits per heavy atom. The Morgan fingerprint density at radius 1 is 1.07 bits per heavy atom. The Bertz CT molecular complexity index is 946. The van der Waals surface area contributed by atoms with Crippen molar-refractivity contribution in [1.29, 1.82) is 0 Å². The number of hydrogen-bond acceptors (Lipinski definition) is 4. The molecule has 0 aliphatic heterocycles. The maximum Gasteiger partial charge on any atom is 0.130 e. The number of nitrogens with zero attached hydrogens (tertiary/aromatic N) is 3. The van der Waals surface area contributed by atoms with E-state index in [-0.39, 0.29) is 0 Å². The van der Waals surface area contributed by atoms with Crippen molar-refractivity contribution in [1.82, 2.24) is 14.5 Å². The lowest BCUT2D eigenvalue weighted by atomic mass is 10.1. The van der Waals surface area contributed by atoms with Crippen molar-refractivity contribution in [3.63, 3.8) is 0 Å². The molecule has 3 rings (SSSR count). The van der Waals surface area contributed by atoms with Gasteiger partial charge in [0.05, 0.1) is 31.0 Å². The van der Waals surface area contributed by atoms with E-state index in [4.69, 9.17) is 9.47 Å². The van der Waals surface area contributed by atoms with Crippen molar-refractivity contribution < 1.29 is 9.47 Å². The summed E-state index contributed by atoms with van der Waals surface area (Å²) in [6.45, 7) is 0.436. The molecule has 0 aliphatic rings. The van der Waals surface area contributed by atoms with E-state index in [1.807, 2.05) is 60.5 Å². The van der Waals surface area contributed by atoms with Crippen LogP contribution in [-0.4, -0.2) is 21.6 Å². The summed E-state index contributed by atoms with van der Waals surface area (Å²) in [5, 5.41) is 0. The summed E-state index contributed by atoms with van der Waals surface area (Å²) in [7, 11) is 3.68. The number of imidazole rings is 1. The summed E-state index contributed by atoms with van der Waals surface area (Å²) < 4.78 is 13.3. The largest absolute Gasteiger partial charge is 0.496 e. The number of methoxy groups -OCH3 is 1. The van der Waals surface area contributed by atoms with Gasteiger partial charge in [0.15, 0.2) is 0 Å². The zero-order valence-electron chi connectivity index (χ0n) is 17.0. The third-order valence-electron chi connectivity index (χ3n) is 4.50. The summed E-state index contributed by atoms with van der Waals surface area (Å²) in [6, 6.07) is 11.7. The number of benzene rings is 1. The molecule has 5 nitrogen and oxygen atoms in total. The zero-order chi connectivity index (χ0) is 20.3. The SMILES string of the molecule is COc1cc(OCc2ccccn2)ccc1/C=C/CCC/C=C/c1cncn1C. The van der Waals surface area contributed by atoms with Gasteiger partial charge in [-0.15, -0.1) is 0 Å². The van der Waals surface area contributed by atoms with E-state index >= 15 is 0 Å². The monoisotopic (exact) mass is 389 g/mol. The van der Waals surface area contributed by atoms with Crippen LogP contribution in [0.15, 0.2) is 67.3 Å². The molecular weight excluding hydrogens is 362 g/mol. The van der Waals surface area contributed by atoms with E-state index in [1.165, 1.54) is 0 Å². The molecule has 0 atom stereocenters. The number of aromatic nitrogens is 3. The lowest BCUT2D eigenvalue weighted by Gasteiger charge is -2.10. The normalized spacial score (nSPS) is 11.4. The first-order valence-electron chi connectivity index (χ1n) is 9.76. The van der Waals surface area contributed by atoms with Crippen LogP contribution >= 0.6 is 0 Å². The lowest BCUT2D eigenvalue weighted by Crippen LogP contribution is -1.98. The first kappa shape index (κ1) is 20.4. The summed E-state index contributed by atoms with van der Waals surface area (Å²) in [4.78, 5) is 8.38. The Labute approximate surface area is 172 Å². The number of ether oxygens (including phenoxy) is 2. The maximum atomic E-state index is 5.82. The van der Waals surface area contributed by atoms with E-state index in [0.717, 1.165) is 47.7 Å². The van der Waals surface area contributed by atoms with Crippen LogP contribution in [-0.2, 0) is 13.7 Å². The van der Waals surface area contributed by atoms with Crippen molar-refractivity contribution in [3.05, 3.63) is 84.2 Å². The molecular formula is C24H27N3O2. The first-order chi connectivity index (χ1) is 14.3. The number of aryl methyl sites for hydroxylation is 1. The van der Waals surface area contributed by atoms with Gasteiger partial charge in [0.2, 0.25) is 0 Å². The lowest BCUT2D eigenvalue weighted by molar-refractivity contribution is 0.299. The smallest absolute Gasteiger partial charge is 0.130 e. The fraction of sp³-hybridized carbons (Fsp3) is 0.250. The summed E-state index contributed by atoms with van der Waals surface area (Å²) in [6.07, 6.45) is 17.2. The molecule has 5 heteroatoms. The predicted molar refractivity (Wildman–Crippen MR) is 117 cm³/mol. The Morgan fingerprint density at radius 3 is 2.66 bits per heavy atom. The maximum absolute atomic E-state index is 5.82. The number of allylic oxidation sites excluding steroid dienone is 2. The second-order valence-corrected chi connectivity index (χ2v) is 6.68. The quantitative estimate of drug-likeness (QED) is 0.442. The van der Waals surface area contributed by atoms with E-state index < -0.39 is 0 Å². The van der Waals surface area contributed by atoms with Crippen LogP contribution in [0.2, 0.25) is 0 Å². The highest BCUT2D eigenvalue weighted by Gasteiger charge is 2.03. The molecule has 2 heterocycles. The van der Waals surface area contributed by atoms with Crippen LogP contribution in [0.1, 0.15) is 36.2 Å². The van der Waals surface area contributed by atoms with E-state index in [9.17, 15) is 0 Å². The van der Waals surface area contributed by atoms with Crippen LogP contribution in [0.3, 0.4) is 0 Å². The fourth-order valence-electron chi connectivity index (χ4n) is 2.86. The summed E-state index contributed by atoms with van der Waals surface area (Å²) in [5.41, 5.74) is 3.06. The van der Waals surface area contributed by atoms with Crippen molar-refractivity contribution in [2.45, 2.75) is 25.9 Å². The molecule has 0 radical (unpaired) electrons. The van der Waals surface area contributed by atoms with Crippen LogP contribution in [0.5, 0.6) is 11.5 Å². The minimum absolute atomic E-state index is 0.436. The van der Waals surface area contributed by atoms with Gasteiger partial charge >= 0.3 is 0 Å². The molecule has 0 amide bonds. The van der Waals surface area contributed by atoms with Crippen LogP contribution in [0.4, 0.5) is 0 Å². The van der Waals surface area contributed by atoms with Gasteiger partial charge in [0.25, 0.3) is 0 Å². The highest BCUT2D eigenvalue weighted by atomic mass is 16.5. The molecule has 0 saturated heterocycles. The van der Waals surface area contributed by atoms with Gasteiger partial charge in [-0.25, -0.2) is 4.98 Å². The van der Waals surface area contributed by atoms with E-state index in [0.29, 0.717) is 6.61 Å². The molecule has 150 valence electrons. The molecule has 0 saturated carbocycles. The average Bonchev–Trinajstić information content (AvgIpc) is 3.17. The molecule has 0 bridgehead atoms. The average molecular weight is 389 g/mol. The Kier molecular flexibility index (Phi) is 7.63. The first-order valence-corrected chi connectivity index (χ1v) is 9.76. The molecule has 2 aromatic heterocycles. The highest BCUT2D eigenvalue weighted by molar-refractivity contribution is 5.59. The molecule has 0 unspecified atom stereocenters. The van der Waals surface area contributed by atoms with Gasteiger partial charge in [-0.3, -0.25) is 4.98 Å². The highest BCUT2D eigenvalue weighted by Crippen LogP contribution is 2.26. The molecule has 0 spiro atoms. The minimum Gasteiger partial charge on any atom is -0.496 e. The van der Waals surface area contributed by atoms with Gasteiger partial charge in [0, 0.05) is 24.9 Å². The van der Waals surface area contributed by atoms with Crippen molar-refractivity contribution in [2.24, 2.45) is 7.05 Å². The topological polar surface area (TPSA) is 49.2 Å². The van der Waals surface area contributed by atoms with Gasteiger partial charge in [-0.05, 0) is 49.6 Å². The van der Waals surface area contributed by atoms with Crippen LogP contribution < -0.4 is 9.47 Å². The molecule has 3 aromatic rings. The molecule has 1 aromatic carbocycles. The predicted octanol–water partition coefficient (Wildman–Crippen LogP) is 5.30. The van der Waals surface area contributed by atoms with Crippen molar-refractivity contribution in [3.8, 4) is 11.5 Å².